The summed E-state index contributed by atoms with van der Waals surface area (Å²) in [4.78, 5) is 0. The van der Waals surface area contributed by atoms with Crippen molar-refractivity contribution >= 4 is 0 Å². The van der Waals surface area contributed by atoms with Gasteiger partial charge in [-0.1, -0.05) is 52.0 Å². The Balaban J connectivity index is 3.29. The molecule has 90 valence electrons. The molecule has 0 saturated carbocycles. The predicted molar refractivity (Wildman–Crippen MR) is 69.8 cm³/mol. The fourth-order valence-electron chi connectivity index (χ4n) is 2.44. The molecule has 1 nitrogen and oxygen atoms in total. The number of methoxy groups -OCH3 is 1. The van der Waals surface area contributed by atoms with Crippen molar-refractivity contribution in [2.75, 3.05) is 7.11 Å². The zero-order valence-electron chi connectivity index (χ0n) is 11.2. The van der Waals surface area contributed by atoms with Crippen molar-refractivity contribution in [2.24, 2.45) is 0 Å². The third kappa shape index (κ3) is 2.30. The first-order valence-corrected chi connectivity index (χ1v) is 6.25. The number of ether oxygens (including phenoxy) is 1. The summed E-state index contributed by atoms with van der Waals surface area (Å²) >= 11 is 0. The lowest BCUT2D eigenvalue weighted by molar-refractivity contribution is -0.0226. The highest BCUT2D eigenvalue weighted by atomic mass is 16.5. The third-order valence-electron chi connectivity index (χ3n) is 3.61. The van der Waals surface area contributed by atoms with Gasteiger partial charge in [-0.15, -0.1) is 0 Å². The zero-order chi connectivity index (χ0) is 12.2. The third-order valence-corrected chi connectivity index (χ3v) is 3.61. The van der Waals surface area contributed by atoms with Crippen LogP contribution < -0.4 is 0 Å². The highest BCUT2D eigenvalue weighted by molar-refractivity contribution is 5.34. The van der Waals surface area contributed by atoms with E-state index in [1.807, 2.05) is 7.11 Å². The maximum Gasteiger partial charge on any atom is 0.0925 e. The maximum atomic E-state index is 5.81. The SMILES string of the molecule is CCC(CC)(OC)c1ccccc1C(C)C. The van der Waals surface area contributed by atoms with Crippen LogP contribution in [-0.2, 0) is 10.3 Å². The Kier molecular flexibility index (Phi) is 4.55. The molecule has 0 aliphatic carbocycles. The number of rotatable bonds is 5. The summed E-state index contributed by atoms with van der Waals surface area (Å²) in [5.74, 6) is 0.545. The number of benzene rings is 1. The molecule has 0 aliphatic rings. The molecule has 0 fully saturated rings. The molecule has 0 aromatic heterocycles. The molecule has 1 heteroatoms. The van der Waals surface area contributed by atoms with Gasteiger partial charge in [-0.2, -0.15) is 0 Å². The van der Waals surface area contributed by atoms with Gasteiger partial charge >= 0.3 is 0 Å². The summed E-state index contributed by atoms with van der Waals surface area (Å²) in [6.07, 6.45) is 2.04. The molecular weight excluding hydrogens is 196 g/mol. The Hall–Kier alpha value is -0.820. The molecule has 1 rings (SSSR count). The van der Waals surface area contributed by atoms with Crippen LogP contribution in [0.4, 0.5) is 0 Å². The van der Waals surface area contributed by atoms with Gasteiger partial charge < -0.3 is 4.74 Å². The second-order valence-corrected chi connectivity index (χ2v) is 4.65. The molecule has 0 spiro atoms. The van der Waals surface area contributed by atoms with Gasteiger partial charge in [0.1, 0.15) is 0 Å². The fraction of sp³-hybridized carbons (Fsp3) is 0.600. The van der Waals surface area contributed by atoms with Crippen molar-refractivity contribution in [3.63, 3.8) is 0 Å². The van der Waals surface area contributed by atoms with E-state index in [4.69, 9.17) is 4.74 Å². The first-order valence-electron chi connectivity index (χ1n) is 6.25. The minimum absolute atomic E-state index is 0.110. The van der Waals surface area contributed by atoms with Gasteiger partial charge in [-0.3, -0.25) is 0 Å². The maximum absolute atomic E-state index is 5.81. The van der Waals surface area contributed by atoms with E-state index in [0.29, 0.717) is 5.92 Å². The molecule has 0 unspecified atom stereocenters. The lowest BCUT2D eigenvalue weighted by Gasteiger charge is -2.33. The summed E-state index contributed by atoms with van der Waals surface area (Å²) < 4.78 is 5.81. The Morgan fingerprint density at radius 1 is 1.12 bits per heavy atom. The molecule has 1 aromatic carbocycles. The van der Waals surface area contributed by atoms with Gasteiger partial charge in [-0.25, -0.2) is 0 Å². The molecule has 1 aromatic rings. The van der Waals surface area contributed by atoms with Gasteiger partial charge in [0.15, 0.2) is 0 Å². The summed E-state index contributed by atoms with van der Waals surface area (Å²) in [5, 5.41) is 0. The molecule has 0 heterocycles. The molecular formula is C15H24O. The Bertz CT molecular complexity index is 316. The van der Waals surface area contributed by atoms with Crippen LogP contribution in [0.1, 0.15) is 57.6 Å². The molecule has 0 radical (unpaired) electrons. The topological polar surface area (TPSA) is 9.23 Å². The van der Waals surface area contributed by atoms with Gasteiger partial charge in [0.05, 0.1) is 5.60 Å². The normalized spacial score (nSPS) is 12.1. The Morgan fingerprint density at radius 2 is 1.69 bits per heavy atom. The Morgan fingerprint density at radius 3 is 2.12 bits per heavy atom. The largest absolute Gasteiger partial charge is 0.374 e. The Labute approximate surface area is 99.8 Å². The average molecular weight is 220 g/mol. The lowest BCUT2D eigenvalue weighted by Crippen LogP contribution is -2.28. The van der Waals surface area contributed by atoms with Crippen molar-refractivity contribution in [2.45, 2.75) is 52.1 Å². The molecule has 0 atom stereocenters. The summed E-state index contributed by atoms with van der Waals surface area (Å²) in [6.45, 7) is 8.88. The first-order chi connectivity index (χ1) is 7.61. The zero-order valence-corrected chi connectivity index (χ0v) is 11.2. The van der Waals surface area contributed by atoms with Crippen LogP contribution in [0.25, 0.3) is 0 Å². The van der Waals surface area contributed by atoms with E-state index >= 15 is 0 Å². The molecule has 0 aliphatic heterocycles. The predicted octanol–water partition coefficient (Wildman–Crippen LogP) is 4.47. The summed E-state index contributed by atoms with van der Waals surface area (Å²) in [7, 11) is 1.82. The van der Waals surface area contributed by atoms with Gasteiger partial charge in [0.25, 0.3) is 0 Å². The van der Waals surface area contributed by atoms with E-state index in [1.165, 1.54) is 11.1 Å². The van der Waals surface area contributed by atoms with Crippen molar-refractivity contribution in [3.05, 3.63) is 35.4 Å². The molecule has 16 heavy (non-hydrogen) atoms. The average Bonchev–Trinajstić information content (AvgIpc) is 2.32. The molecule has 0 bridgehead atoms. The summed E-state index contributed by atoms with van der Waals surface area (Å²) in [6, 6.07) is 8.66. The van der Waals surface area contributed by atoms with Crippen molar-refractivity contribution in [3.8, 4) is 0 Å². The molecule has 0 N–H and O–H groups in total. The van der Waals surface area contributed by atoms with E-state index in [1.54, 1.807) is 0 Å². The van der Waals surface area contributed by atoms with Crippen LogP contribution in [0.2, 0.25) is 0 Å². The number of hydrogen-bond acceptors (Lipinski definition) is 1. The molecule has 0 amide bonds. The van der Waals surface area contributed by atoms with Crippen LogP contribution >= 0.6 is 0 Å². The second-order valence-electron chi connectivity index (χ2n) is 4.65. The monoisotopic (exact) mass is 220 g/mol. The van der Waals surface area contributed by atoms with E-state index in [2.05, 4.69) is 52.0 Å². The van der Waals surface area contributed by atoms with Crippen LogP contribution in [0.3, 0.4) is 0 Å². The number of hydrogen-bond donors (Lipinski definition) is 0. The standard InChI is InChI=1S/C15H24O/c1-6-15(7-2,16-5)14-11-9-8-10-13(14)12(3)4/h8-12H,6-7H2,1-5H3. The van der Waals surface area contributed by atoms with Crippen LogP contribution in [0.5, 0.6) is 0 Å². The highest BCUT2D eigenvalue weighted by Gasteiger charge is 2.30. The fourth-order valence-corrected chi connectivity index (χ4v) is 2.44. The minimum atomic E-state index is -0.110. The van der Waals surface area contributed by atoms with Crippen molar-refractivity contribution in [1.82, 2.24) is 0 Å². The highest BCUT2D eigenvalue weighted by Crippen LogP contribution is 2.36. The van der Waals surface area contributed by atoms with Crippen LogP contribution in [0, 0.1) is 0 Å². The first kappa shape index (κ1) is 13.2. The van der Waals surface area contributed by atoms with Crippen molar-refractivity contribution in [1.29, 1.82) is 0 Å². The minimum Gasteiger partial charge on any atom is -0.374 e. The van der Waals surface area contributed by atoms with Gasteiger partial charge in [0.2, 0.25) is 0 Å². The quantitative estimate of drug-likeness (QED) is 0.711. The molecule has 0 saturated heterocycles. The summed E-state index contributed by atoms with van der Waals surface area (Å²) in [5.41, 5.74) is 2.66. The van der Waals surface area contributed by atoms with Crippen LogP contribution in [-0.4, -0.2) is 7.11 Å². The van der Waals surface area contributed by atoms with E-state index in [-0.39, 0.29) is 5.60 Å². The van der Waals surface area contributed by atoms with Gasteiger partial charge in [-0.05, 0) is 29.9 Å². The van der Waals surface area contributed by atoms with E-state index in [0.717, 1.165) is 12.8 Å². The lowest BCUT2D eigenvalue weighted by atomic mass is 9.82. The van der Waals surface area contributed by atoms with E-state index in [9.17, 15) is 0 Å². The smallest absolute Gasteiger partial charge is 0.0925 e. The van der Waals surface area contributed by atoms with Crippen LogP contribution in [0.15, 0.2) is 24.3 Å². The van der Waals surface area contributed by atoms with Crippen molar-refractivity contribution < 1.29 is 4.74 Å². The second kappa shape index (κ2) is 5.49. The van der Waals surface area contributed by atoms with E-state index < -0.39 is 0 Å². The van der Waals surface area contributed by atoms with Gasteiger partial charge in [0, 0.05) is 7.11 Å².